The molecule has 3 aromatic carbocycles. The molecule has 2 heterocycles. The summed E-state index contributed by atoms with van der Waals surface area (Å²) in [5.74, 6) is 1.30. The summed E-state index contributed by atoms with van der Waals surface area (Å²) in [5, 5.41) is 0. The standard InChI is InChI=1S/C31H33N3O6S/c1-3-38-30(35)22-33(41(36,37)34-18-16-25-11-7-8-15-29(25)34)21-24-10-9-14-27(20-24)39-19-17-28-23(2)40-31(32-28)26-12-5-4-6-13-26/h4-15,20H,3,16-19,21-22H2,1-2H3. The summed E-state index contributed by atoms with van der Waals surface area (Å²) in [6.07, 6.45) is 1.16. The number of anilines is 1. The fourth-order valence-corrected chi connectivity index (χ4v) is 6.43. The van der Waals surface area contributed by atoms with Gasteiger partial charge in [-0.1, -0.05) is 48.5 Å². The van der Waals surface area contributed by atoms with Gasteiger partial charge in [0.15, 0.2) is 0 Å². The zero-order valence-corrected chi connectivity index (χ0v) is 24.0. The Hall–Kier alpha value is -4.15. The van der Waals surface area contributed by atoms with Crippen molar-refractivity contribution in [1.82, 2.24) is 9.29 Å². The quantitative estimate of drug-likeness (QED) is 0.220. The molecule has 1 aliphatic heterocycles. The van der Waals surface area contributed by atoms with E-state index >= 15 is 0 Å². The number of nitrogens with zero attached hydrogens (tertiary/aromatic N) is 3. The maximum absolute atomic E-state index is 13.8. The third-order valence-corrected chi connectivity index (χ3v) is 8.69. The van der Waals surface area contributed by atoms with Crippen molar-refractivity contribution in [1.29, 1.82) is 0 Å². The summed E-state index contributed by atoms with van der Waals surface area (Å²) in [5.41, 5.74) is 4.01. The number of ether oxygens (including phenoxy) is 2. The van der Waals surface area contributed by atoms with Gasteiger partial charge in [0.25, 0.3) is 0 Å². The van der Waals surface area contributed by atoms with Crippen molar-refractivity contribution < 1.29 is 27.1 Å². The number of hydrogen-bond acceptors (Lipinski definition) is 7. The van der Waals surface area contributed by atoms with Gasteiger partial charge in [-0.2, -0.15) is 12.7 Å². The van der Waals surface area contributed by atoms with E-state index in [0.717, 1.165) is 26.9 Å². The molecular formula is C31H33N3O6S. The lowest BCUT2D eigenvalue weighted by Crippen LogP contribution is -2.45. The average Bonchev–Trinajstić information content (AvgIpc) is 3.58. The average molecular weight is 576 g/mol. The van der Waals surface area contributed by atoms with Crippen molar-refractivity contribution in [3.05, 3.63) is 101 Å². The highest BCUT2D eigenvalue weighted by molar-refractivity contribution is 7.90. The number of carbonyl (C=O) groups excluding carboxylic acids is 1. The van der Waals surface area contributed by atoms with Crippen LogP contribution in [0.5, 0.6) is 5.75 Å². The predicted molar refractivity (Wildman–Crippen MR) is 156 cm³/mol. The molecule has 0 radical (unpaired) electrons. The van der Waals surface area contributed by atoms with Gasteiger partial charge >= 0.3 is 16.2 Å². The van der Waals surface area contributed by atoms with Crippen LogP contribution >= 0.6 is 0 Å². The van der Waals surface area contributed by atoms with Crippen LogP contribution in [0.1, 0.15) is 29.5 Å². The van der Waals surface area contributed by atoms with Gasteiger partial charge in [0.1, 0.15) is 18.1 Å². The molecule has 1 aliphatic rings. The second-order valence-electron chi connectivity index (χ2n) is 9.67. The third-order valence-electron chi connectivity index (χ3n) is 6.84. The SMILES string of the molecule is CCOC(=O)CN(Cc1cccc(OCCc2nc(-c3ccccc3)oc2C)c1)S(=O)(=O)N1CCc2ccccc21. The summed E-state index contributed by atoms with van der Waals surface area (Å²) in [4.78, 5) is 17.1. The van der Waals surface area contributed by atoms with Crippen LogP contribution < -0.4 is 9.04 Å². The number of oxazole rings is 1. The molecular weight excluding hydrogens is 542 g/mol. The Morgan fingerprint density at radius 2 is 1.83 bits per heavy atom. The van der Waals surface area contributed by atoms with E-state index in [2.05, 4.69) is 4.98 Å². The smallest absolute Gasteiger partial charge is 0.321 e. The lowest BCUT2D eigenvalue weighted by Gasteiger charge is -2.28. The molecule has 4 aromatic rings. The van der Waals surface area contributed by atoms with Crippen LogP contribution in [0.15, 0.2) is 83.3 Å². The Balaban J connectivity index is 1.28. The number of rotatable bonds is 12. The van der Waals surface area contributed by atoms with Crippen LogP contribution in [0.25, 0.3) is 11.5 Å². The first-order valence-electron chi connectivity index (χ1n) is 13.6. The maximum atomic E-state index is 13.8. The van der Waals surface area contributed by atoms with Crippen molar-refractivity contribution in [2.45, 2.75) is 33.2 Å². The molecule has 41 heavy (non-hydrogen) atoms. The molecule has 0 unspecified atom stereocenters. The number of esters is 1. The summed E-state index contributed by atoms with van der Waals surface area (Å²) >= 11 is 0. The van der Waals surface area contributed by atoms with Crippen LogP contribution in [-0.4, -0.2) is 50.0 Å². The van der Waals surface area contributed by atoms with E-state index in [1.807, 2.05) is 67.6 Å². The van der Waals surface area contributed by atoms with Crippen molar-refractivity contribution in [2.75, 3.05) is 30.6 Å². The molecule has 214 valence electrons. The Bertz CT molecular complexity index is 1600. The third kappa shape index (κ3) is 6.61. The lowest BCUT2D eigenvalue weighted by molar-refractivity contribution is -0.143. The highest BCUT2D eigenvalue weighted by Crippen LogP contribution is 2.32. The van der Waals surface area contributed by atoms with Crippen molar-refractivity contribution >= 4 is 21.9 Å². The minimum absolute atomic E-state index is 0.0140. The molecule has 0 fully saturated rings. The molecule has 5 rings (SSSR count). The summed E-state index contributed by atoms with van der Waals surface area (Å²) < 4.78 is 47.0. The first kappa shape index (κ1) is 28.4. The maximum Gasteiger partial charge on any atom is 0.321 e. The van der Waals surface area contributed by atoms with Gasteiger partial charge < -0.3 is 13.9 Å². The second kappa shape index (κ2) is 12.6. The summed E-state index contributed by atoms with van der Waals surface area (Å²) in [7, 11) is -4.01. The molecule has 0 bridgehead atoms. The first-order valence-corrected chi connectivity index (χ1v) is 15.0. The van der Waals surface area contributed by atoms with Gasteiger partial charge in [0.2, 0.25) is 5.89 Å². The lowest BCUT2D eigenvalue weighted by atomic mass is 10.2. The Morgan fingerprint density at radius 1 is 1.05 bits per heavy atom. The zero-order chi connectivity index (χ0) is 28.8. The molecule has 0 saturated heterocycles. The van der Waals surface area contributed by atoms with E-state index in [0.29, 0.717) is 48.9 Å². The molecule has 0 aliphatic carbocycles. The number of carbonyl (C=O) groups is 1. The van der Waals surface area contributed by atoms with Gasteiger partial charge in [0, 0.05) is 25.1 Å². The van der Waals surface area contributed by atoms with E-state index < -0.39 is 22.7 Å². The topological polar surface area (TPSA) is 102 Å². The van der Waals surface area contributed by atoms with Gasteiger partial charge in [0.05, 0.1) is 24.6 Å². The van der Waals surface area contributed by atoms with Crippen LogP contribution in [0.4, 0.5) is 5.69 Å². The van der Waals surface area contributed by atoms with E-state index in [4.69, 9.17) is 13.9 Å². The Morgan fingerprint density at radius 3 is 2.63 bits per heavy atom. The van der Waals surface area contributed by atoms with Crippen LogP contribution in [-0.2, 0) is 39.1 Å². The van der Waals surface area contributed by atoms with Crippen molar-refractivity contribution in [3.63, 3.8) is 0 Å². The molecule has 0 saturated carbocycles. The van der Waals surface area contributed by atoms with Crippen molar-refractivity contribution in [2.24, 2.45) is 0 Å². The van der Waals surface area contributed by atoms with Gasteiger partial charge in [-0.25, -0.2) is 4.98 Å². The summed E-state index contributed by atoms with van der Waals surface area (Å²) in [6, 6.07) is 24.4. The number of aryl methyl sites for hydroxylation is 1. The minimum Gasteiger partial charge on any atom is -0.493 e. The normalized spacial score (nSPS) is 12.9. The first-order chi connectivity index (χ1) is 19.8. The Kier molecular flexibility index (Phi) is 8.70. The number of hydrogen-bond donors (Lipinski definition) is 0. The molecule has 0 spiro atoms. The van der Waals surface area contributed by atoms with Crippen molar-refractivity contribution in [3.8, 4) is 17.2 Å². The number of benzene rings is 3. The number of aromatic nitrogens is 1. The minimum atomic E-state index is -4.01. The fourth-order valence-electron chi connectivity index (χ4n) is 4.82. The molecule has 9 nitrogen and oxygen atoms in total. The molecule has 0 amide bonds. The van der Waals surface area contributed by atoms with E-state index in [-0.39, 0.29) is 13.2 Å². The number of para-hydroxylation sites is 1. The Labute approximate surface area is 240 Å². The highest BCUT2D eigenvalue weighted by atomic mass is 32.2. The van der Waals surface area contributed by atoms with Crippen LogP contribution in [0, 0.1) is 6.92 Å². The molecule has 1 aromatic heterocycles. The highest BCUT2D eigenvalue weighted by Gasteiger charge is 2.35. The summed E-state index contributed by atoms with van der Waals surface area (Å²) in [6.45, 7) is 4.01. The molecule has 0 atom stereocenters. The van der Waals surface area contributed by atoms with Gasteiger partial charge in [-0.15, -0.1) is 0 Å². The molecule has 0 N–H and O–H groups in total. The van der Waals surface area contributed by atoms with E-state index in [1.165, 1.54) is 4.31 Å². The second-order valence-corrected chi connectivity index (χ2v) is 11.5. The zero-order valence-electron chi connectivity index (χ0n) is 23.2. The predicted octanol–water partition coefficient (Wildman–Crippen LogP) is 4.94. The fraction of sp³-hybridized carbons (Fsp3) is 0.290. The molecule has 10 heteroatoms. The largest absolute Gasteiger partial charge is 0.493 e. The monoisotopic (exact) mass is 575 g/mol. The van der Waals surface area contributed by atoms with Crippen LogP contribution in [0.2, 0.25) is 0 Å². The van der Waals surface area contributed by atoms with E-state index in [1.54, 1.807) is 25.1 Å². The van der Waals surface area contributed by atoms with Gasteiger partial charge in [-0.05, 0) is 61.7 Å². The van der Waals surface area contributed by atoms with Crippen LogP contribution in [0.3, 0.4) is 0 Å². The van der Waals surface area contributed by atoms with Gasteiger partial charge in [-0.3, -0.25) is 9.10 Å². The number of fused-ring (bicyclic) bond motifs is 1. The van der Waals surface area contributed by atoms with E-state index in [9.17, 15) is 13.2 Å².